The van der Waals surface area contributed by atoms with E-state index in [1.54, 1.807) is 12.1 Å². The van der Waals surface area contributed by atoms with Gasteiger partial charge in [0.2, 0.25) is 0 Å². The van der Waals surface area contributed by atoms with E-state index in [0.717, 1.165) is 6.26 Å². The second-order valence-corrected chi connectivity index (χ2v) is 7.62. The van der Waals surface area contributed by atoms with Crippen LogP contribution in [-0.4, -0.2) is 24.9 Å². The lowest BCUT2D eigenvalue weighted by molar-refractivity contribution is 0.354. The van der Waals surface area contributed by atoms with Crippen LogP contribution >= 0.6 is 11.6 Å². The van der Waals surface area contributed by atoms with Crippen molar-refractivity contribution in [2.45, 2.75) is 31.1 Å². The molecule has 1 N–H and O–H groups in total. The van der Waals surface area contributed by atoms with Crippen LogP contribution < -0.4 is 0 Å². The lowest BCUT2D eigenvalue weighted by Gasteiger charge is -2.07. The van der Waals surface area contributed by atoms with E-state index in [0.29, 0.717) is 22.0 Å². The Bertz CT molecular complexity index is 765. The fraction of sp³-hybridized carbons (Fsp3) is 0.357. The maximum Gasteiger partial charge on any atom is 0.182 e. The average molecular weight is 330 g/mol. The van der Waals surface area contributed by atoms with E-state index in [2.05, 4.69) is 5.16 Å². The van der Waals surface area contributed by atoms with Crippen LogP contribution in [0.15, 0.2) is 27.6 Å². The maximum atomic E-state index is 11.8. The third kappa shape index (κ3) is 3.39. The van der Waals surface area contributed by atoms with Crippen LogP contribution in [0.4, 0.5) is 0 Å². The molecular weight excluding hydrogens is 314 g/mol. The molecule has 21 heavy (non-hydrogen) atoms. The van der Waals surface area contributed by atoms with E-state index in [9.17, 15) is 13.5 Å². The van der Waals surface area contributed by atoms with Crippen molar-refractivity contribution >= 4 is 21.4 Å². The summed E-state index contributed by atoms with van der Waals surface area (Å²) in [7, 11) is -3.42. The number of aromatic nitrogens is 1. The van der Waals surface area contributed by atoms with Gasteiger partial charge in [-0.25, -0.2) is 8.42 Å². The van der Waals surface area contributed by atoms with Gasteiger partial charge in [-0.2, -0.15) is 0 Å². The zero-order valence-electron chi connectivity index (χ0n) is 11.9. The highest BCUT2D eigenvalue weighted by atomic mass is 35.5. The molecule has 0 radical (unpaired) electrons. The first-order valence-corrected chi connectivity index (χ1v) is 8.63. The van der Waals surface area contributed by atoms with Gasteiger partial charge in [-0.1, -0.05) is 36.7 Å². The number of halogens is 1. The predicted molar refractivity (Wildman–Crippen MR) is 79.6 cm³/mol. The second-order valence-electron chi connectivity index (χ2n) is 5.20. The summed E-state index contributed by atoms with van der Waals surface area (Å²) < 4.78 is 28.8. The fourth-order valence-corrected chi connectivity index (χ4v) is 3.22. The van der Waals surface area contributed by atoms with E-state index in [4.69, 9.17) is 16.1 Å². The summed E-state index contributed by atoms with van der Waals surface area (Å²) in [5.74, 6) is 0.352. The highest BCUT2D eigenvalue weighted by Gasteiger charge is 2.21. The minimum absolute atomic E-state index is 0.00848. The average Bonchev–Trinajstić information content (AvgIpc) is 2.72. The van der Waals surface area contributed by atoms with Crippen LogP contribution in [0.1, 0.15) is 36.8 Å². The van der Waals surface area contributed by atoms with Crippen LogP contribution in [0.2, 0.25) is 5.02 Å². The van der Waals surface area contributed by atoms with Gasteiger partial charge in [0, 0.05) is 23.6 Å². The van der Waals surface area contributed by atoms with E-state index < -0.39 is 9.84 Å². The largest absolute Gasteiger partial charge is 0.503 e. The van der Waals surface area contributed by atoms with Crippen LogP contribution in [0, 0.1) is 0 Å². The summed E-state index contributed by atoms with van der Waals surface area (Å²) in [6, 6.07) is 4.61. The van der Waals surface area contributed by atoms with Crippen molar-refractivity contribution in [3.63, 3.8) is 0 Å². The molecule has 1 heterocycles. The molecule has 1 aromatic carbocycles. The molecule has 0 saturated carbocycles. The summed E-state index contributed by atoms with van der Waals surface area (Å²) in [4.78, 5) is 0.128. The normalized spacial score (nSPS) is 12.0. The van der Waals surface area contributed by atoms with Crippen molar-refractivity contribution in [2.24, 2.45) is 0 Å². The SMILES string of the molecule is CC(C)c1onc(Cc2ccc(Cl)cc2S(C)(=O)=O)c1O. The van der Waals surface area contributed by atoms with Gasteiger partial charge in [-0.05, 0) is 17.7 Å². The molecule has 0 bridgehead atoms. The van der Waals surface area contributed by atoms with Gasteiger partial charge in [-0.15, -0.1) is 0 Å². The standard InChI is InChI=1S/C14H16ClNO4S/c1-8(2)14-13(17)11(16-20-14)6-9-4-5-10(15)7-12(9)21(3,18)19/h4-5,7-8,17H,6H2,1-3H3. The molecule has 0 fully saturated rings. The molecule has 0 aliphatic rings. The number of hydrogen-bond donors (Lipinski definition) is 1. The van der Waals surface area contributed by atoms with Crippen molar-refractivity contribution in [3.8, 4) is 5.75 Å². The summed E-state index contributed by atoms with van der Waals surface area (Å²) >= 11 is 5.85. The van der Waals surface area contributed by atoms with E-state index in [-0.39, 0.29) is 23.0 Å². The predicted octanol–water partition coefficient (Wildman–Crippen LogP) is 3.15. The number of aromatic hydroxyl groups is 1. The van der Waals surface area contributed by atoms with Crippen molar-refractivity contribution in [3.05, 3.63) is 40.2 Å². The molecule has 0 aliphatic carbocycles. The minimum Gasteiger partial charge on any atom is -0.503 e. The van der Waals surface area contributed by atoms with Crippen LogP contribution in [0.5, 0.6) is 5.75 Å². The van der Waals surface area contributed by atoms with Gasteiger partial charge >= 0.3 is 0 Å². The molecule has 0 saturated heterocycles. The Morgan fingerprint density at radius 3 is 2.57 bits per heavy atom. The quantitative estimate of drug-likeness (QED) is 0.932. The van der Waals surface area contributed by atoms with Crippen LogP contribution in [-0.2, 0) is 16.3 Å². The van der Waals surface area contributed by atoms with Gasteiger partial charge in [0.25, 0.3) is 0 Å². The van der Waals surface area contributed by atoms with Gasteiger partial charge in [0.15, 0.2) is 21.3 Å². The van der Waals surface area contributed by atoms with Crippen LogP contribution in [0.25, 0.3) is 0 Å². The third-order valence-electron chi connectivity index (χ3n) is 3.07. The molecule has 114 valence electrons. The molecule has 7 heteroatoms. The minimum atomic E-state index is -3.42. The van der Waals surface area contributed by atoms with Gasteiger partial charge in [0.05, 0.1) is 4.90 Å². The fourth-order valence-electron chi connectivity index (χ4n) is 2.03. The van der Waals surface area contributed by atoms with Crippen molar-refractivity contribution < 1.29 is 18.0 Å². The Labute approximate surface area is 128 Å². The molecule has 0 atom stereocenters. The number of benzene rings is 1. The molecule has 1 aromatic heterocycles. The first-order valence-electron chi connectivity index (χ1n) is 6.36. The van der Waals surface area contributed by atoms with Crippen molar-refractivity contribution in [1.29, 1.82) is 0 Å². The zero-order valence-corrected chi connectivity index (χ0v) is 13.5. The molecule has 5 nitrogen and oxygen atoms in total. The first kappa shape index (κ1) is 15.9. The van der Waals surface area contributed by atoms with Gasteiger partial charge in [0.1, 0.15) is 5.69 Å². The summed E-state index contributed by atoms with van der Waals surface area (Å²) in [5.41, 5.74) is 0.826. The summed E-state index contributed by atoms with van der Waals surface area (Å²) in [5, 5.41) is 14.2. The summed E-state index contributed by atoms with van der Waals surface area (Å²) in [6.07, 6.45) is 1.27. The Morgan fingerprint density at radius 2 is 2.05 bits per heavy atom. The lowest BCUT2D eigenvalue weighted by atomic mass is 10.1. The monoisotopic (exact) mass is 329 g/mol. The summed E-state index contributed by atoms with van der Waals surface area (Å²) in [6.45, 7) is 3.74. The smallest absolute Gasteiger partial charge is 0.182 e. The third-order valence-corrected chi connectivity index (χ3v) is 4.49. The number of sulfone groups is 1. The van der Waals surface area contributed by atoms with E-state index in [1.165, 1.54) is 6.07 Å². The van der Waals surface area contributed by atoms with Gasteiger partial charge in [-0.3, -0.25) is 0 Å². The maximum absolute atomic E-state index is 11.8. The molecule has 2 rings (SSSR count). The van der Waals surface area contributed by atoms with E-state index in [1.807, 2.05) is 13.8 Å². The Balaban J connectivity index is 2.46. The molecule has 0 aliphatic heterocycles. The zero-order chi connectivity index (χ0) is 15.8. The highest BCUT2D eigenvalue weighted by molar-refractivity contribution is 7.90. The van der Waals surface area contributed by atoms with E-state index >= 15 is 0 Å². The number of nitrogens with zero attached hydrogens (tertiary/aromatic N) is 1. The first-order chi connectivity index (χ1) is 9.70. The Kier molecular flexibility index (Phi) is 4.30. The highest BCUT2D eigenvalue weighted by Crippen LogP contribution is 2.31. The molecular formula is C14H16ClNO4S. The molecule has 2 aromatic rings. The number of rotatable bonds is 4. The van der Waals surface area contributed by atoms with Crippen molar-refractivity contribution in [1.82, 2.24) is 5.16 Å². The molecule has 0 spiro atoms. The Morgan fingerprint density at radius 1 is 1.38 bits per heavy atom. The Hall–Kier alpha value is -1.53. The van der Waals surface area contributed by atoms with Crippen LogP contribution in [0.3, 0.4) is 0 Å². The molecule has 0 amide bonds. The van der Waals surface area contributed by atoms with Gasteiger partial charge < -0.3 is 9.63 Å². The second kappa shape index (κ2) is 5.69. The van der Waals surface area contributed by atoms with Crippen molar-refractivity contribution in [2.75, 3.05) is 6.26 Å². The number of hydrogen-bond acceptors (Lipinski definition) is 5. The lowest BCUT2D eigenvalue weighted by Crippen LogP contribution is -2.03. The molecule has 0 unspecified atom stereocenters. The topological polar surface area (TPSA) is 80.4 Å².